The number of nitrogens with zero attached hydrogens (tertiary/aromatic N) is 3. The molecule has 0 bridgehead atoms. The molecule has 2 aliphatic rings. The van der Waals surface area contributed by atoms with Crippen LogP contribution in [0.3, 0.4) is 0 Å². The number of aryl methyl sites for hydroxylation is 1. The van der Waals surface area contributed by atoms with Crippen LogP contribution in [0.2, 0.25) is 0 Å². The number of aliphatic hydroxyl groups is 1. The lowest BCUT2D eigenvalue weighted by atomic mass is 9.90. The number of carbonyl (C=O) groups excluding carboxylic acids is 5. The van der Waals surface area contributed by atoms with Crippen molar-refractivity contribution in [1.29, 1.82) is 0 Å². The van der Waals surface area contributed by atoms with Gasteiger partial charge in [-0.25, -0.2) is 0 Å². The molecule has 2 fully saturated rings. The van der Waals surface area contributed by atoms with E-state index in [1.54, 1.807) is 6.07 Å². The standard InChI is InChI=1S/C21H25N3O7/c1-12-5-4-6-13(9-12)10-14(25)24-8-7-23(11-15(26)31-3)20(29)17(24)16-18(27)21(30)22(2)19(16)28/h4-6,9,16-18,27H,7-8,10-11H2,1-3H3. The van der Waals surface area contributed by atoms with Gasteiger partial charge >= 0.3 is 5.97 Å². The van der Waals surface area contributed by atoms with E-state index in [0.717, 1.165) is 16.0 Å². The van der Waals surface area contributed by atoms with E-state index in [1.807, 2.05) is 25.1 Å². The average molecular weight is 431 g/mol. The van der Waals surface area contributed by atoms with Gasteiger partial charge in [-0.05, 0) is 12.5 Å². The van der Waals surface area contributed by atoms with Crippen LogP contribution in [-0.2, 0) is 35.1 Å². The minimum Gasteiger partial charge on any atom is -0.468 e. The quantitative estimate of drug-likeness (QED) is 0.455. The number of piperazine rings is 1. The predicted molar refractivity (Wildman–Crippen MR) is 106 cm³/mol. The molecule has 3 unspecified atom stereocenters. The highest BCUT2D eigenvalue weighted by atomic mass is 16.5. The van der Waals surface area contributed by atoms with Gasteiger partial charge in [-0.3, -0.25) is 28.9 Å². The third kappa shape index (κ3) is 4.29. The average Bonchev–Trinajstić information content (AvgIpc) is 2.92. The monoisotopic (exact) mass is 431 g/mol. The van der Waals surface area contributed by atoms with Crippen LogP contribution in [0.25, 0.3) is 0 Å². The number of methoxy groups -OCH3 is 1. The van der Waals surface area contributed by atoms with Crippen molar-refractivity contribution < 1.29 is 33.8 Å². The molecule has 31 heavy (non-hydrogen) atoms. The summed E-state index contributed by atoms with van der Waals surface area (Å²) in [4.78, 5) is 66.0. The van der Waals surface area contributed by atoms with Gasteiger partial charge in [-0.15, -0.1) is 0 Å². The van der Waals surface area contributed by atoms with Gasteiger partial charge in [0.05, 0.1) is 13.5 Å². The number of likely N-dealkylation sites (tertiary alicyclic amines) is 1. The molecule has 1 aromatic carbocycles. The summed E-state index contributed by atoms with van der Waals surface area (Å²) in [5.41, 5.74) is 1.70. The summed E-state index contributed by atoms with van der Waals surface area (Å²) in [5, 5.41) is 10.4. The number of ether oxygens (including phenoxy) is 1. The smallest absolute Gasteiger partial charge is 0.325 e. The van der Waals surface area contributed by atoms with E-state index < -0.39 is 47.7 Å². The molecule has 0 spiro atoms. The number of esters is 1. The van der Waals surface area contributed by atoms with Crippen LogP contribution in [0.5, 0.6) is 0 Å². The van der Waals surface area contributed by atoms with Crippen molar-refractivity contribution in [2.75, 3.05) is 33.8 Å². The molecule has 1 N–H and O–H groups in total. The second kappa shape index (κ2) is 8.84. The molecular weight excluding hydrogens is 406 g/mol. The first kappa shape index (κ1) is 22.4. The lowest BCUT2D eigenvalue weighted by molar-refractivity contribution is -0.161. The third-order valence-corrected chi connectivity index (χ3v) is 5.70. The Hall–Kier alpha value is -3.27. The van der Waals surface area contributed by atoms with Crippen molar-refractivity contribution >= 4 is 29.6 Å². The SMILES string of the molecule is COC(=O)CN1CCN(C(=O)Cc2cccc(C)c2)C(C2C(=O)N(C)C(=O)C2O)C1=O. The molecule has 3 rings (SSSR count). The van der Waals surface area contributed by atoms with E-state index >= 15 is 0 Å². The molecule has 1 aromatic rings. The first-order valence-corrected chi connectivity index (χ1v) is 9.85. The van der Waals surface area contributed by atoms with Gasteiger partial charge in [0.2, 0.25) is 17.7 Å². The fraction of sp³-hybridized carbons (Fsp3) is 0.476. The van der Waals surface area contributed by atoms with Crippen LogP contribution in [0, 0.1) is 12.8 Å². The molecule has 10 heteroatoms. The largest absolute Gasteiger partial charge is 0.468 e. The zero-order chi connectivity index (χ0) is 22.9. The molecule has 3 atom stereocenters. The second-order valence-electron chi connectivity index (χ2n) is 7.74. The number of carbonyl (C=O) groups is 5. The Balaban J connectivity index is 1.92. The fourth-order valence-electron chi connectivity index (χ4n) is 4.03. The maximum Gasteiger partial charge on any atom is 0.325 e. The third-order valence-electron chi connectivity index (χ3n) is 5.70. The second-order valence-corrected chi connectivity index (χ2v) is 7.74. The highest BCUT2D eigenvalue weighted by Crippen LogP contribution is 2.29. The topological polar surface area (TPSA) is 125 Å². The Morgan fingerprint density at radius 1 is 1.13 bits per heavy atom. The molecule has 2 aliphatic heterocycles. The molecule has 0 radical (unpaired) electrons. The molecule has 4 amide bonds. The molecule has 2 heterocycles. The van der Waals surface area contributed by atoms with E-state index in [2.05, 4.69) is 4.74 Å². The summed E-state index contributed by atoms with van der Waals surface area (Å²) in [7, 11) is 2.40. The molecule has 0 aliphatic carbocycles. The van der Waals surface area contributed by atoms with Gasteiger partial charge in [-0.2, -0.15) is 0 Å². The Morgan fingerprint density at radius 2 is 1.84 bits per heavy atom. The van der Waals surface area contributed by atoms with Crippen molar-refractivity contribution in [2.45, 2.75) is 25.5 Å². The number of hydrogen-bond donors (Lipinski definition) is 1. The van der Waals surface area contributed by atoms with E-state index in [9.17, 15) is 29.1 Å². The van der Waals surface area contributed by atoms with Gasteiger partial charge in [0.15, 0.2) is 0 Å². The molecule has 0 saturated carbocycles. The van der Waals surface area contributed by atoms with Crippen molar-refractivity contribution in [3.8, 4) is 0 Å². The highest BCUT2D eigenvalue weighted by molar-refractivity contribution is 6.09. The molecule has 2 saturated heterocycles. The number of hydrogen-bond acceptors (Lipinski definition) is 7. The van der Waals surface area contributed by atoms with E-state index in [0.29, 0.717) is 0 Å². The number of amides is 4. The fourth-order valence-corrected chi connectivity index (χ4v) is 4.03. The van der Waals surface area contributed by atoms with Crippen LogP contribution in [0.15, 0.2) is 24.3 Å². The van der Waals surface area contributed by atoms with Gasteiger partial charge in [0.25, 0.3) is 5.91 Å². The minimum absolute atomic E-state index is 0.0107. The van der Waals surface area contributed by atoms with Gasteiger partial charge in [0.1, 0.15) is 24.6 Å². The first-order valence-electron chi connectivity index (χ1n) is 9.85. The molecule has 10 nitrogen and oxygen atoms in total. The zero-order valence-electron chi connectivity index (χ0n) is 17.6. The van der Waals surface area contributed by atoms with Gasteiger partial charge in [0, 0.05) is 20.1 Å². The Morgan fingerprint density at radius 3 is 2.42 bits per heavy atom. The Kier molecular flexibility index (Phi) is 6.40. The van der Waals surface area contributed by atoms with Crippen molar-refractivity contribution in [2.24, 2.45) is 5.92 Å². The lowest BCUT2D eigenvalue weighted by Gasteiger charge is -2.42. The first-order chi connectivity index (χ1) is 14.6. The number of imide groups is 1. The predicted octanol–water partition coefficient (Wildman–Crippen LogP) is -1.27. The Bertz CT molecular complexity index is 931. The normalized spacial score (nSPS) is 24.1. The summed E-state index contributed by atoms with van der Waals surface area (Å²) < 4.78 is 4.61. The summed E-state index contributed by atoms with van der Waals surface area (Å²) in [6.45, 7) is 1.64. The zero-order valence-corrected chi connectivity index (χ0v) is 17.6. The highest BCUT2D eigenvalue weighted by Gasteiger charge is 2.55. The maximum absolute atomic E-state index is 13.2. The molecule has 0 aromatic heterocycles. The number of aliphatic hydroxyl groups excluding tert-OH is 1. The van der Waals surface area contributed by atoms with Crippen LogP contribution in [0.1, 0.15) is 11.1 Å². The summed E-state index contributed by atoms with van der Waals surface area (Å²) >= 11 is 0. The summed E-state index contributed by atoms with van der Waals surface area (Å²) in [5.74, 6) is -4.77. The van der Waals surface area contributed by atoms with Crippen LogP contribution >= 0.6 is 0 Å². The van der Waals surface area contributed by atoms with Crippen molar-refractivity contribution in [3.05, 3.63) is 35.4 Å². The number of rotatable bonds is 5. The van der Waals surface area contributed by atoms with E-state index in [-0.39, 0.29) is 26.1 Å². The maximum atomic E-state index is 13.2. The molecular formula is C21H25N3O7. The van der Waals surface area contributed by atoms with E-state index in [4.69, 9.17) is 0 Å². The number of likely N-dealkylation sites (N-methyl/N-ethyl adjacent to an activating group) is 1. The Labute approximate surface area is 179 Å². The van der Waals surface area contributed by atoms with Crippen LogP contribution in [-0.4, -0.2) is 95.3 Å². The van der Waals surface area contributed by atoms with Crippen LogP contribution in [0.4, 0.5) is 0 Å². The van der Waals surface area contributed by atoms with Crippen molar-refractivity contribution in [1.82, 2.24) is 14.7 Å². The van der Waals surface area contributed by atoms with Crippen LogP contribution < -0.4 is 0 Å². The summed E-state index contributed by atoms with van der Waals surface area (Å²) in [6, 6.07) is 5.93. The lowest BCUT2D eigenvalue weighted by Crippen LogP contribution is -2.64. The van der Waals surface area contributed by atoms with Gasteiger partial charge in [-0.1, -0.05) is 29.8 Å². The molecule has 166 valence electrons. The summed E-state index contributed by atoms with van der Waals surface area (Å²) in [6.07, 6.45) is -1.76. The minimum atomic E-state index is -1.75. The van der Waals surface area contributed by atoms with Crippen molar-refractivity contribution in [3.63, 3.8) is 0 Å². The number of benzene rings is 1. The van der Waals surface area contributed by atoms with Gasteiger partial charge < -0.3 is 19.6 Å². The van der Waals surface area contributed by atoms with E-state index in [1.165, 1.54) is 24.0 Å².